The number of benzene rings is 1. The molecule has 4 rings (SSSR count). The van der Waals surface area contributed by atoms with Gasteiger partial charge in [-0.1, -0.05) is 12.1 Å². The molecule has 9 nitrogen and oxygen atoms in total. The first-order chi connectivity index (χ1) is 12.9. The third-order valence-corrected chi connectivity index (χ3v) is 4.60. The van der Waals surface area contributed by atoms with E-state index >= 15 is 0 Å². The van der Waals surface area contributed by atoms with Crippen molar-refractivity contribution in [3.8, 4) is 0 Å². The Hall–Kier alpha value is -3.27. The van der Waals surface area contributed by atoms with Crippen LogP contribution in [0.4, 0.5) is 10.3 Å². The maximum atomic E-state index is 13.3. The Balaban J connectivity index is 1.96. The first-order valence-corrected chi connectivity index (χ1v) is 8.30. The number of aromatic nitrogens is 4. The fourth-order valence-electron chi connectivity index (χ4n) is 3.19. The monoisotopic (exact) mass is 372 g/mol. The zero-order valence-electron chi connectivity index (χ0n) is 14.8. The molecule has 0 unspecified atom stereocenters. The zero-order chi connectivity index (χ0) is 19.3. The molecule has 10 heteroatoms. The van der Waals surface area contributed by atoms with Crippen molar-refractivity contribution < 1.29 is 9.50 Å². The van der Waals surface area contributed by atoms with Crippen molar-refractivity contribution >= 4 is 22.8 Å². The molecule has 0 amide bonds. The van der Waals surface area contributed by atoms with Gasteiger partial charge in [-0.05, 0) is 17.7 Å². The molecule has 0 bridgehead atoms. The summed E-state index contributed by atoms with van der Waals surface area (Å²) >= 11 is 0. The maximum Gasteiger partial charge on any atom is 0.332 e. The number of aliphatic hydroxyl groups excluding tert-OH is 1. The van der Waals surface area contributed by atoms with Crippen LogP contribution in [0.5, 0.6) is 0 Å². The molecule has 2 aromatic heterocycles. The number of imidazole rings is 1. The summed E-state index contributed by atoms with van der Waals surface area (Å²) in [5.74, 6) is 0.00299. The highest BCUT2D eigenvalue weighted by Gasteiger charge is 2.27. The predicted octanol–water partition coefficient (Wildman–Crippen LogP) is -0.211. The highest BCUT2D eigenvalue weighted by atomic mass is 19.1. The van der Waals surface area contributed by atoms with E-state index in [0.717, 1.165) is 4.57 Å². The van der Waals surface area contributed by atoms with Crippen LogP contribution in [-0.2, 0) is 20.6 Å². The molecule has 0 saturated heterocycles. The summed E-state index contributed by atoms with van der Waals surface area (Å²) in [4.78, 5) is 29.3. The van der Waals surface area contributed by atoms with Gasteiger partial charge in [-0.2, -0.15) is 10.1 Å². The number of nitrogens with zero attached hydrogens (tertiary/aromatic N) is 6. The number of aliphatic hydroxyl groups is 1. The average molecular weight is 372 g/mol. The summed E-state index contributed by atoms with van der Waals surface area (Å²) in [6.07, 6.45) is 0. The van der Waals surface area contributed by atoms with Gasteiger partial charge in [-0.3, -0.25) is 18.5 Å². The lowest BCUT2D eigenvalue weighted by molar-refractivity contribution is 0.301. The Morgan fingerprint density at radius 3 is 2.52 bits per heavy atom. The van der Waals surface area contributed by atoms with Gasteiger partial charge in [0.15, 0.2) is 11.2 Å². The molecule has 0 atom stereocenters. The van der Waals surface area contributed by atoms with Crippen molar-refractivity contribution in [2.24, 2.45) is 19.2 Å². The zero-order valence-corrected chi connectivity index (χ0v) is 14.8. The SMILES string of the molecule is Cn1c(=O)c2c(nc3n2CC(c2ccc(F)cc2)=NN3CCO)n(C)c1=O. The predicted molar refractivity (Wildman–Crippen MR) is 97.6 cm³/mol. The Morgan fingerprint density at radius 2 is 1.85 bits per heavy atom. The lowest BCUT2D eigenvalue weighted by atomic mass is 10.1. The van der Waals surface area contributed by atoms with Crippen molar-refractivity contribution in [2.75, 3.05) is 18.2 Å². The van der Waals surface area contributed by atoms with E-state index < -0.39 is 11.2 Å². The molecule has 0 fully saturated rings. The first kappa shape index (κ1) is 17.2. The van der Waals surface area contributed by atoms with Crippen LogP contribution in [0.2, 0.25) is 0 Å². The lowest BCUT2D eigenvalue weighted by Crippen LogP contribution is -2.38. The van der Waals surface area contributed by atoms with Crippen LogP contribution in [0.15, 0.2) is 39.0 Å². The highest BCUT2D eigenvalue weighted by molar-refractivity contribution is 6.02. The Bertz CT molecular complexity index is 1190. The van der Waals surface area contributed by atoms with E-state index in [1.165, 1.54) is 28.8 Å². The van der Waals surface area contributed by atoms with Gasteiger partial charge in [0.25, 0.3) is 5.56 Å². The van der Waals surface area contributed by atoms with Gasteiger partial charge in [0.05, 0.1) is 25.4 Å². The molecule has 0 saturated carbocycles. The van der Waals surface area contributed by atoms with E-state index in [4.69, 9.17) is 0 Å². The molecule has 140 valence electrons. The first-order valence-electron chi connectivity index (χ1n) is 8.30. The molecule has 1 aliphatic rings. The van der Waals surface area contributed by atoms with Crippen LogP contribution in [0.3, 0.4) is 0 Å². The van der Waals surface area contributed by atoms with Crippen LogP contribution in [0, 0.1) is 5.82 Å². The number of anilines is 1. The topological polar surface area (TPSA) is 97.7 Å². The van der Waals surface area contributed by atoms with Crippen LogP contribution in [0.1, 0.15) is 5.56 Å². The third kappa shape index (κ3) is 2.56. The van der Waals surface area contributed by atoms with E-state index in [1.54, 1.807) is 23.7 Å². The van der Waals surface area contributed by atoms with Crippen molar-refractivity contribution in [1.82, 2.24) is 18.7 Å². The molecule has 27 heavy (non-hydrogen) atoms. The molecule has 1 aliphatic heterocycles. The van der Waals surface area contributed by atoms with E-state index in [9.17, 15) is 19.1 Å². The Labute approximate surface area is 152 Å². The van der Waals surface area contributed by atoms with E-state index in [2.05, 4.69) is 10.1 Å². The number of hydrogen-bond acceptors (Lipinski definition) is 6. The quantitative estimate of drug-likeness (QED) is 0.686. The van der Waals surface area contributed by atoms with Crippen LogP contribution < -0.4 is 16.3 Å². The van der Waals surface area contributed by atoms with Gasteiger partial charge < -0.3 is 5.11 Å². The summed E-state index contributed by atoms with van der Waals surface area (Å²) in [6.45, 7) is 0.204. The second-order valence-electron chi connectivity index (χ2n) is 6.28. The summed E-state index contributed by atoms with van der Waals surface area (Å²) in [6, 6.07) is 5.86. The number of hydrogen-bond donors (Lipinski definition) is 1. The number of halogens is 1. The fourth-order valence-corrected chi connectivity index (χ4v) is 3.19. The van der Waals surface area contributed by atoms with Crippen LogP contribution in [-0.4, -0.2) is 42.7 Å². The number of β-amino-alcohol motifs (C(OH)–C–C–N with tert-alkyl or cyclic N) is 1. The van der Waals surface area contributed by atoms with E-state index in [0.29, 0.717) is 17.2 Å². The molecular weight excluding hydrogens is 355 g/mol. The van der Waals surface area contributed by atoms with E-state index in [1.807, 2.05) is 0 Å². The van der Waals surface area contributed by atoms with Crippen molar-refractivity contribution in [3.63, 3.8) is 0 Å². The molecule has 0 aliphatic carbocycles. The van der Waals surface area contributed by atoms with Gasteiger partial charge >= 0.3 is 5.69 Å². The number of aryl methyl sites for hydroxylation is 1. The molecule has 3 aromatic rings. The van der Waals surface area contributed by atoms with Crippen molar-refractivity contribution in [3.05, 3.63) is 56.5 Å². The van der Waals surface area contributed by atoms with Crippen molar-refractivity contribution in [1.29, 1.82) is 0 Å². The second kappa shape index (κ2) is 6.16. The van der Waals surface area contributed by atoms with Crippen molar-refractivity contribution in [2.45, 2.75) is 6.54 Å². The molecule has 0 spiro atoms. The molecular formula is C17H17FN6O3. The van der Waals surface area contributed by atoms with Gasteiger partial charge in [0, 0.05) is 14.1 Å². The van der Waals surface area contributed by atoms with Gasteiger partial charge in [-0.15, -0.1) is 0 Å². The summed E-state index contributed by atoms with van der Waals surface area (Å²) in [7, 11) is 2.95. The molecule has 1 aromatic carbocycles. The minimum absolute atomic E-state index is 0.155. The minimum Gasteiger partial charge on any atom is -0.394 e. The fraction of sp³-hybridized carbons (Fsp3) is 0.294. The Kier molecular flexibility index (Phi) is 3.92. The smallest absolute Gasteiger partial charge is 0.332 e. The number of hydrazone groups is 1. The number of rotatable bonds is 3. The van der Waals surface area contributed by atoms with Crippen LogP contribution in [0.25, 0.3) is 11.2 Å². The van der Waals surface area contributed by atoms with Gasteiger partial charge in [0.1, 0.15) is 5.82 Å². The Morgan fingerprint density at radius 1 is 1.15 bits per heavy atom. The summed E-state index contributed by atoms with van der Waals surface area (Å²) in [5, 5.41) is 15.4. The minimum atomic E-state index is -0.476. The maximum absolute atomic E-state index is 13.3. The second-order valence-corrected chi connectivity index (χ2v) is 6.28. The largest absolute Gasteiger partial charge is 0.394 e. The average Bonchev–Trinajstić information content (AvgIpc) is 3.05. The normalized spacial score (nSPS) is 13.8. The van der Waals surface area contributed by atoms with Gasteiger partial charge in [-0.25, -0.2) is 14.2 Å². The number of fused-ring (bicyclic) bond motifs is 3. The third-order valence-electron chi connectivity index (χ3n) is 4.60. The molecule has 0 radical (unpaired) electrons. The molecule has 1 N–H and O–H groups in total. The standard InChI is InChI=1S/C17H17FN6O3/c1-21-14-13(15(26)22(2)17(21)27)23-9-12(10-3-5-11(18)6-4-10)20-24(7-8-25)16(23)19-14/h3-6,25H,7-9H2,1-2H3. The molecule has 3 heterocycles. The van der Waals surface area contributed by atoms with Crippen LogP contribution >= 0.6 is 0 Å². The van der Waals surface area contributed by atoms with Gasteiger partial charge in [0.2, 0.25) is 5.95 Å². The summed E-state index contributed by atoms with van der Waals surface area (Å²) in [5.41, 5.74) is 0.857. The lowest BCUT2D eigenvalue weighted by Gasteiger charge is -2.25. The van der Waals surface area contributed by atoms with E-state index in [-0.39, 0.29) is 36.7 Å². The summed E-state index contributed by atoms with van der Waals surface area (Å²) < 4.78 is 17.2. The highest BCUT2D eigenvalue weighted by Crippen LogP contribution is 2.25.